The summed E-state index contributed by atoms with van der Waals surface area (Å²) in [5.41, 5.74) is 0. The van der Waals surface area contributed by atoms with Crippen LogP contribution in [-0.4, -0.2) is 50.8 Å². The predicted octanol–water partition coefficient (Wildman–Crippen LogP) is 3.47. The van der Waals surface area contributed by atoms with Crippen LogP contribution in [0.5, 0.6) is 0 Å². The van der Waals surface area contributed by atoms with Crippen molar-refractivity contribution in [1.29, 1.82) is 0 Å². The summed E-state index contributed by atoms with van der Waals surface area (Å²) < 4.78 is 24.4. The second-order valence-corrected chi connectivity index (χ2v) is 6.91. The molecule has 2 saturated carbocycles. The zero-order valence-corrected chi connectivity index (χ0v) is 13.8. The average Bonchev–Trinajstić information content (AvgIpc) is 2.56. The Labute approximate surface area is 134 Å². The van der Waals surface area contributed by atoms with Crippen molar-refractivity contribution < 1.29 is 18.9 Å². The van der Waals surface area contributed by atoms with Gasteiger partial charge in [-0.3, -0.25) is 0 Å². The van der Waals surface area contributed by atoms with Crippen LogP contribution in [-0.2, 0) is 18.9 Å². The predicted molar refractivity (Wildman–Crippen MR) is 85.1 cm³/mol. The highest BCUT2D eigenvalue weighted by molar-refractivity contribution is 4.78. The van der Waals surface area contributed by atoms with Crippen molar-refractivity contribution in [2.75, 3.05) is 26.4 Å². The number of hydrogen-bond donors (Lipinski definition) is 0. The summed E-state index contributed by atoms with van der Waals surface area (Å²) in [4.78, 5) is 0. The van der Waals surface area contributed by atoms with E-state index in [-0.39, 0.29) is 0 Å². The Balaban J connectivity index is 1.50. The maximum atomic E-state index is 6.09. The average molecular weight is 312 g/mol. The van der Waals surface area contributed by atoms with Crippen LogP contribution in [0.25, 0.3) is 0 Å². The minimum Gasteiger partial charge on any atom is -0.375 e. The zero-order valence-electron chi connectivity index (χ0n) is 13.8. The number of ether oxygens (including phenoxy) is 4. The van der Waals surface area contributed by atoms with Gasteiger partial charge in [0.25, 0.3) is 0 Å². The van der Waals surface area contributed by atoms with Crippen LogP contribution in [0.1, 0.15) is 64.2 Å². The van der Waals surface area contributed by atoms with Crippen molar-refractivity contribution in [1.82, 2.24) is 0 Å². The van der Waals surface area contributed by atoms with E-state index < -0.39 is 0 Å². The van der Waals surface area contributed by atoms with Gasteiger partial charge in [0.2, 0.25) is 0 Å². The van der Waals surface area contributed by atoms with Gasteiger partial charge in [-0.15, -0.1) is 0 Å². The number of hydrogen-bond acceptors (Lipinski definition) is 4. The normalized spacial score (nSPS) is 39.3. The van der Waals surface area contributed by atoms with Crippen LogP contribution in [0.4, 0.5) is 0 Å². The quantitative estimate of drug-likeness (QED) is 0.686. The molecule has 0 aromatic carbocycles. The Bertz CT molecular complexity index is 251. The van der Waals surface area contributed by atoms with E-state index in [1.807, 2.05) is 0 Å². The van der Waals surface area contributed by atoms with Crippen LogP contribution >= 0.6 is 0 Å². The van der Waals surface area contributed by atoms with Gasteiger partial charge in [0, 0.05) is 26.4 Å². The highest BCUT2D eigenvalue weighted by atomic mass is 16.6. The Kier molecular flexibility index (Phi) is 6.99. The van der Waals surface area contributed by atoms with E-state index in [4.69, 9.17) is 18.9 Å². The molecular weight excluding hydrogens is 280 g/mol. The fourth-order valence-electron chi connectivity index (χ4n) is 3.94. The lowest BCUT2D eigenvalue weighted by molar-refractivity contribution is -0.123. The molecule has 3 rings (SSSR count). The van der Waals surface area contributed by atoms with Crippen LogP contribution in [0.15, 0.2) is 0 Å². The molecule has 128 valence electrons. The van der Waals surface area contributed by atoms with Crippen LogP contribution in [0.3, 0.4) is 0 Å². The SMILES string of the molecule is C1COC2CCCCC2OCCCOC2CCCCC2OC1. The summed E-state index contributed by atoms with van der Waals surface area (Å²) in [6.07, 6.45) is 12.8. The van der Waals surface area contributed by atoms with Crippen LogP contribution in [0, 0.1) is 0 Å². The number of rotatable bonds is 0. The lowest BCUT2D eigenvalue weighted by Gasteiger charge is -2.33. The first-order valence-corrected chi connectivity index (χ1v) is 9.40. The highest BCUT2D eigenvalue weighted by Crippen LogP contribution is 2.26. The third-order valence-electron chi connectivity index (χ3n) is 5.19. The molecule has 0 aromatic rings. The molecule has 1 saturated heterocycles. The second-order valence-electron chi connectivity index (χ2n) is 6.91. The molecule has 4 heteroatoms. The molecule has 0 N–H and O–H groups in total. The standard InChI is InChI=1S/C18H32O4/c1-2-8-16-15(7-1)19-11-5-13-21-17-9-3-4-10-18(17)22-14-6-12-20-16/h15-18H,1-14H2. The molecule has 2 aliphatic carbocycles. The third kappa shape index (κ3) is 4.92. The van der Waals surface area contributed by atoms with Crippen molar-refractivity contribution in [3.63, 3.8) is 0 Å². The molecule has 1 aliphatic heterocycles. The van der Waals surface area contributed by atoms with E-state index in [1.165, 1.54) is 25.7 Å². The van der Waals surface area contributed by atoms with Gasteiger partial charge in [0.15, 0.2) is 0 Å². The first kappa shape index (κ1) is 16.7. The molecule has 4 atom stereocenters. The molecule has 1 heterocycles. The first-order chi connectivity index (χ1) is 10.9. The van der Waals surface area contributed by atoms with E-state index >= 15 is 0 Å². The van der Waals surface area contributed by atoms with E-state index in [1.54, 1.807) is 0 Å². The summed E-state index contributed by atoms with van der Waals surface area (Å²) in [6.45, 7) is 3.18. The molecule has 4 unspecified atom stereocenters. The summed E-state index contributed by atoms with van der Waals surface area (Å²) in [6, 6.07) is 0. The van der Waals surface area contributed by atoms with Gasteiger partial charge in [0.1, 0.15) is 0 Å². The minimum atomic E-state index is 0.292. The summed E-state index contributed by atoms with van der Waals surface area (Å²) in [5.74, 6) is 0. The van der Waals surface area contributed by atoms with Gasteiger partial charge >= 0.3 is 0 Å². The molecular formula is C18H32O4. The first-order valence-electron chi connectivity index (χ1n) is 9.40. The van der Waals surface area contributed by atoms with Gasteiger partial charge in [0.05, 0.1) is 24.4 Å². The van der Waals surface area contributed by atoms with Crippen molar-refractivity contribution >= 4 is 0 Å². The summed E-state index contributed by atoms with van der Waals surface area (Å²) in [7, 11) is 0. The van der Waals surface area contributed by atoms with Crippen LogP contribution < -0.4 is 0 Å². The van der Waals surface area contributed by atoms with E-state index in [9.17, 15) is 0 Å². The Morgan fingerprint density at radius 3 is 0.909 bits per heavy atom. The van der Waals surface area contributed by atoms with Crippen molar-refractivity contribution in [2.45, 2.75) is 88.6 Å². The van der Waals surface area contributed by atoms with Gasteiger partial charge in [-0.05, 0) is 38.5 Å². The Morgan fingerprint density at radius 1 is 0.364 bits per heavy atom. The van der Waals surface area contributed by atoms with E-state index in [0.29, 0.717) is 24.4 Å². The van der Waals surface area contributed by atoms with Gasteiger partial charge < -0.3 is 18.9 Å². The lowest BCUT2D eigenvalue weighted by atomic mass is 9.94. The molecule has 4 nitrogen and oxygen atoms in total. The van der Waals surface area contributed by atoms with Crippen LogP contribution in [0.2, 0.25) is 0 Å². The molecule has 0 amide bonds. The monoisotopic (exact) mass is 312 g/mol. The molecule has 0 bridgehead atoms. The van der Waals surface area contributed by atoms with Gasteiger partial charge in [-0.1, -0.05) is 25.7 Å². The zero-order chi connectivity index (χ0) is 15.0. The van der Waals surface area contributed by atoms with Gasteiger partial charge in [-0.25, -0.2) is 0 Å². The van der Waals surface area contributed by atoms with E-state index in [2.05, 4.69) is 0 Å². The van der Waals surface area contributed by atoms with Crippen molar-refractivity contribution in [3.05, 3.63) is 0 Å². The Hall–Kier alpha value is -0.160. The number of fused-ring (bicyclic) bond motifs is 2. The molecule has 3 aliphatic rings. The fourth-order valence-corrected chi connectivity index (χ4v) is 3.94. The third-order valence-corrected chi connectivity index (χ3v) is 5.19. The molecule has 0 spiro atoms. The van der Waals surface area contributed by atoms with Crippen molar-refractivity contribution in [2.24, 2.45) is 0 Å². The smallest absolute Gasteiger partial charge is 0.0836 e. The lowest BCUT2D eigenvalue weighted by Crippen LogP contribution is -2.37. The fraction of sp³-hybridized carbons (Fsp3) is 1.00. The molecule has 0 radical (unpaired) electrons. The summed E-state index contributed by atoms with van der Waals surface area (Å²) >= 11 is 0. The second kappa shape index (κ2) is 9.21. The summed E-state index contributed by atoms with van der Waals surface area (Å²) in [5, 5.41) is 0. The minimum absolute atomic E-state index is 0.292. The molecule has 0 aromatic heterocycles. The maximum absolute atomic E-state index is 6.09. The van der Waals surface area contributed by atoms with Crippen molar-refractivity contribution in [3.8, 4) is 0 Å². The van der Waals surface area contributed by atoms with E-state index in [0.717, 1.165) is 65.0 Å². The largest absolute Gasteiger partial charge is 0.375 e. The topological polar surface area (TPSA) is 36.9 Å². The highest BCUT2D eigenvalue weighted by Gasteiger charge is 2.28. The Morgan fingerprint density at radius 2 is 0.636 bits per heavy atom. The molecule has 22 heavy (non-hydrogen) atoms. The van der Waals surface area contributed by atoms with Gasteiger partial charge in [-0.2, -0.15) is 0 Å². The maximum Gasteiger partial charge on any atom is 0.0836 e. The molecule has 3 fully saturated rings.